The molecule has 3 aliphatic rings. The van der Waals surface area contributed by atoms with Gasteiger partial charge in [-0.3, -0.25) is 14.7 Å². The zero-order valence-electron chi connectivity index (χ0n) is 31.8. The van der Waals surface area contributed by atoms with Crippen LogP contribution < -0.4 is 18.9 Å². The Kier molecular flexibility index (Phi) is 13.3. The molecule has 13 heteroatoms. The van der Waals surface area contributed by atoms with Crippen LogP contribution in [0, 0.1) is 0 Å². The number of aromatic nitrogens is 2. The van der Waals surface area contributed by atoms with E-state index < -0.39 is 11.7 Å². The Bertz CT molecular complexity index is 1870. The second-order valence-corrected chi connectivity index (χ2v) is 15.2. The number of ether oxygens (including phenoxy) is 4. The van der Waals surface area contributed by atoms with E-state index in [0.717, 1.165) is 106 Å². The number of alkyl halides is 3. The maximum Gasteiger partial charge on any atom is 0.417 e. The molecule has 0 bridgehead atoms. The van der Waals surface area contributed by atoms with Crippen molar-refractivity contribution >= 4 is 22.6 Å². The Balaban J connectivity index is 1.24. The minimum Gasteiger partial charge on any atom is -0.492 e. The number of halogens is 4. The molecule has 0 amide bonds. The summed E-state index contributed by atoms with van der Waals surface area (Å²) in [6, 6.07) is 13.0. The molecule has 0 unspecified atom stereocenters. The molecule has 0 radical (unpaired) electrons. The molecule has 3 saturated heterocycles. The molecule has 3 fully saturated rings. The Labute approximate surface area is 327 Å². The summed E-state index contributed by atoms with van der Waals surface area (Å²) in [5.41, 5.74) is 1.48. The third-order valence-electron chi connectivity index (χ3n) is 10.8. The molecule has 3 aromatic carbocycles. The van der Waals surface area contributed by atoms with Gasteiger partial charge in [0, 0.05) is 44.4 Å². The molecular weight excluding hydrogens is 731 g/mol. The number of rotatable bonds is 18. The van der Waals surface area contributed by atoms with Crippen LogP contribution in [0.4, 0.5) is 13.2 Å². The lowest BCUT2D eigenvalue weighted by atomic mass is 10.1. The van der Waals surface area contributed by atoms with Gasteiger partial charge in [0.15, 0.2) is 5.75 Å². The summed E-state index contributed by atoms with van der Waals surface area (Å²) in [4.78, 5) is 12.5. The summed E-state index contributed by atoms with van der Waals surface area (Å²) in [6.07, 6.45) is 4.54. The zero-order valence-corrected chi connectivity index (χ0v) is 32.6. The number of unbranched alkanes of at least 4 members (excludes halogenated alkanes) is 1. The smallest absolute Gasteiger partial charge is 0.417 e. The molecule has 4 heterocycles. The van der Waals surface area contributed by atoms with E-state index in [0.29, 0.717) is 43.6 Å². The standard InChI is InChI=1S/C42H53ClF3N5O4/c1-2-3-20-51-37-28-33(52-24-21-48-14-4-5-15-48)30-39(54-26-23-50-18-8-9-19-50)40(37)47-41(51)34-12-10-32(29-38(34)53-25-22-49-16-6-7-17-49)55-31-11-13-36(43)35(27-31)42(44,45)46/h10-13,27-30H,2-9,14-26H2,1H3. The SMILES string of the molecule is CCCCn1c(-c2ccc(Oc3ccc(Cl)c(C(F)(F)F)c3)cc2OCCN2CCCC2)nc2c(OCCN3CCCC3)cc(OCCN3CCCC3)cc21. The molecule has 0 N–H and O–H groups in total. The van der Waals surface area contributed by atoms with Crippen LogP contribution in [0.2, 0.25) is 5.02 Å². The molecular formula is C42H53ClF3N5O4. The van der Waals surface area contributed by atoms with Crippen LogP contribution in [0.25, 0.3) is 22.4 Å². The number of nitrogens with zero attached hydrogens (tertiary/aromatic N) is 5. The highest BCUT2D eigenvalue weighted by molar-refractivity contribution is 6.31. The molecule has 1 aromatic heterocycles. The van der Waals surface area contributed by atoms with Crippen molar-refractivity contribution in [3.63, 3.8) is 0 Å². The van der Waals surface area contributed by atoms with Crippen molar-refractivity contribution in [3.05, 3.63) is 59.1 Å². The maximum absolute atomic E-state index is 13.7. The maximum atomic E-state index is 13.7. The molecule has 0 saturated carbocycles. The van der Waals surface area contributed by atoms with Crippen molar-refractivity contribution in [1.82, 2.24) is 24.3 Å². The van der Waals surface area contributed by atoms with Crippen molar-refractivity contribution in [2.45, 2.75) is 71.0 Å². The van der Waals surface area contributed by atoms with Crippen LogP contribution in [-0.2, 0) is 12.7 Å². The molecule has 9 nitrogen and oxygen atoms in total. The highest BCUT2D eigenvalue weighted by atomic mass is 35.5. The number of imidazole rings is 1. The largest absolute Gasteiger partial charge is 0.492 e. The first-order chi connectivity index (χ1) is 26.7. The second kappa shape index (κ2) is 18.5. The van der Waals surface area contributed by atoms with Gasteiger partial charge in [0.1, 0.15) is 54.2 Å². The lowest BCUT2D eigenvalue weighted by Crippen LogP contribution is -2.25. The Hall–Kier alpha value is -3.71. The van der Waals surface area contributed by atoms with Gasteiger partial charge in [0.25, 0.3) is 0 Å². The highest BCUT2D eigenvalue weighted by Crippen LogP contribution is 2.41. The second-order valence-electron chi connectivity index (χ2n) is 14.8. The van der Waals surface area contributed by atoms with Crippen molar-refractivity contribution in [2.24, 2.45) is 0 Å². The third kappa shape index (κ3) is 10.2. The van der Waals surface area contributed by atoms with E-state index in [9.17, 15) is 13.2 Å². The Morgan fingerprint density at radius 2 is 1.20 bits per heavy atom. The van der Waals surface area contributed by atoms with Crippen LogP contribution in [0.15, 0.2) is 48.5 Å². The predicted molar refractivity (Wildman–Crippen MR) is 210 cm³/mol. The van der Waals surface area contributed by atoms with Gasteiger partial charge in [-0.25, -0.2) is 4.98 Å². The van der Waals surface area contributed by atoms with Crippen LogP contribution in [0.5, 0.6) is 28.7 Å². The van der Waals surface area contributed by atoms with Crippen molar-refractivity contribution in [2.75, 3.05) is 78.7 Å². The molecule has 0 aliphatic carbocycles. The first kappa shape index (κ1) is 39.5. The van der Waals surface area contributed by atoms with E-state index in [1.807, 2.05) is 12.1 Å². The first-order valence-corrected chi connectivity index (χ1v) is 20.4. The van der Waals surface area contributed by atoms with E-state index >= 15 is 0 Å². The van der Waals surface area contributed by atoms with Crippen LogP contribution in [-0.4, -0.2) is 103 Å². The highest BCUT2D eigenvalue weighted by Gasteiger charge is 2.34. The summed E-state index contributed by atoms with van der Waals surface area (Å²) in [5, 5.41) is -0.383. The van der Waals surface area contributed by atoms with Gasteiger partial charge < -0.3 is 23.5 Å². The minimum absolute atomic E-state index is 0.0238. The number of hydrogen-bond acceptors (Lipinski definition) is 8. The quantitative estimate of drug-likeness (QED) is 0.0990. The summed E-state index contributed by atoms with van der Waals surface area (Å²) >= 11 is 5.89. The lowest BCUT2D eigenvalue weighted by Gasteiger charge is -2.18. The van der Waals surface area contributed by atoms with E-state index in [1.165, 1.54) is 50.7 Å². The van der Waals surface area contributed by atoms with E-state index in [-0.39, 0.29) is 10.8 Å². The summed E-state index contributed by atoms with van der Waals surface area (Å²) < 4.78 is 68.7. The monoisotopic (exact) mass is 783 g/mol. The van der Waals surface area contributed by atoms with Crippen molar-refractivity contribution < 1.29 is 32.1 Å². The number of aryl methyl sites for hydroxylation is 1. The fraction of sp³-hybridized carbons (Fsp3) is 0.548. The van der Waals surface area contributed by atoms with E-state index in [1.54, 1.807) is 12.1 Å². The molecule has 55 heavy (non-hydrogen) atoms. The predicted octanol–water partition coefficient (Wildman–Crippen LogP) is 9.39. The van der Waals surface area contributed by atoms with Crippen LogP contribution in [0.3, 0.4) is 0 Å². The molecule has 0 spiro atoms. The summed E-state index contributed by atoms with van der Waals surface area (Å²) in [6.45, 7) is 13.4. The molecule has 3 aliphatic heterocycles. The van der Waals surface area contributed by atoms with Gasteiger partial charge in [-0.2, -0.15) is 13.2 Å². The van der Waals surface area contributed by atoms with Gasteiger partial charge >= 0.3 is 6.18 Å². The molecule has 7 rings (SSSR count). The van der Waals surface area contributed by atoms with Gasteiger partial charge in [0.2, 0.25) is 0 Å². The number of hydrogen-bond donors (Lipinski definition) is 0. The Morgan fingerprint density at radius 1 is 0.655 bits per heavy atom. The van der Waals surface area contributed by atoms with Gasteiger partial charge in [-0.1, -0.05) is 24.9 Å². The Morgan fingerprint density at radius 3 is 1.80 bits per heavy atom. The number of benzene rings is 3. The fourth-order valence-electron chi connectivity index (χ4n) is 7.78. The molecule has 4 aromatic rings. The van der Waals surface area contributed by atoms with E-state index in [4.69, 9.17) is 35.5 Å². The third-order valence-corrected chi connectivity index (χ3v) is 11.1. The normalized spacial score (nSPS) is 17.1. The average molecular weight is 784 g/mol. The first-order valence-electron chi connectivity index (χ1n) is 20.0. The van der Waals surface area contributed by atoms with Gasteiger partial charge in [-0.05, 0) is 115 Å². The zero-order chi connectivity index (χ0) is 38.2. The lowest BCUT2D eigenvalue weighted by molar-refractivity contribution is -0.137. The van der Waals surface area contributed by atoms with Crippen molar-refractivity contribution in [1.29, 1.82) is 0 Å². The van der Waals surface area contributed by atoms with E-state index in [2.05, 4.69) is 32.3 Å². The summed E-state index contributed by atoms with van der Waals surface area (Å²) in [7, 11) is 0. The molecule has 298 valence electrons. The van der Waals surface area contributed by atoms with Crippen LogP contribution >= 0.6 is 11.6 Å². The molecule has 0 atom stereocenters. The van der Waals surface area contributed by atoms with Crippen LogP contribution in [0.1, 0.15) is 63.9 Å². The van der Waals surface area contributed by atoms with Crippen molar-refractivity contribution in [3.8, 4) is 40.1 Å². The summed E-state index contributed by atoms with van der Waals surface area (Å²) in [5.74, 6) is 3.05. The average Bonchev–Trinajstić information content (AvgIpc) is 4.01. The topological polar surface area (TPSA) is 64.5 Å². The number of fused-ring (bicyclic) bond motifs is 1. The fourth-order valence-corrected chi connectivity index (χ4v) is 8.01. The minimum atomic E-state index is -4.61. The number of likely N-dealkylation sites (tertiary alicyclic amines) is 3. The van der Waals surface area contributed by atoms with Gasteiger partial charge in [-0.15, -0.1) is 0 Å². The van der Waals surface area contributed by atoms with Gasteiger partial charge in [0.05, 0.1) is 21.7 Å².